The van der Waals surface area contributed by atoms with Gasteiger partial charge in [-0.2, -0.15) is 0 Å². The second-order valence-electron chi connectivity index (χ2n) is 6.73. The Bertz CT molecular complexity index is 709. The lowest BCUT2D eigenvalue weighted by Gasteiger charge is -2.32. The number of hydrogen-bond donors (Lipinski definition) is 1. The van der Waals surface area contributed by atoms with Crippen molar-refractivity contribution in [3.63, 3.8) is 0 Å². The van der Waals surface area contributed by atoms with Gasteiger partial charge in [0.2, 0.25) is 5.91 Å². The van der Waals surface area contributed by atoms with Crippen LogP contribution in [0.1, 0.15) is 36.8 Å². The van der Waals surface area contributed by atoms with Crippen LogP contribution < -0.4 is 5.32 Å². The predicted molar refractivity (Wildman–Crippen MR) is 105 cm³/mol. The first-order valence-electron chi connectivity index (χ1n) is 8.99. The summed E-state index contributed by atoms with van der Waals surface area (Å²) in [5, 5.41) is 3.92. The number of amides is 1. The highest BCUT2D eigenvalue weighted by molar-refractivity contribution is 6.30. The van der Waals surface area contributed by atoms with E-state index in [1.165, 1.54) is 24.8 Å². The summed E-state index contributed by atoms with van der Waals surface area (Å²) in [6.45, 7) is 0. The highest BCUT2D eigenvalue weighted by atomic mass is 35.5. The summed E-state index contributed by atoms with van der Waals surface area (Å²) >= 11 is 5.88. The summed E-state index contributed by atoms with van der Waals surface area (Å²) in [5.41, 5.74) is 2.33. The Morgan fingerprint density at radius 1 is 1.04 bits per heavy atom. The van der Waals surface area contributed by atoms with Crippen LogP contribution in [0.25, 0.3) is 6.08 Å². The van der Waals surface area contributed by atoms with Crippen LogP contribution >= 0.6 is 11.6 Å². The van der Waals surface area contributed by atoms with Crippen molar-refractivity contribution < 1.29 is 4.79 Å². The summed E-state index contributed by atoms with van der Waals surface area (Å²) in [7, 11) is 0. The molecule has 2 atom stereocenters. The normalized spacial score (nSPS) is 20.5. The molecule has 0 radical (unpaired) electrons. The van der Waals surface area contributed by atoms with E-state index in [0.717, 1.165) is 18.4 Å². The molecule has 0 spiro atoms. The molecule has 3 heteroatoms. The molecule has 0 saturated heterocycles. The maximum absolute atomic E-state index is 12.3. The first-order valence-corrected chi connectivity index (χ1v) is 9.36. The number of carbonyl (C=O) groups is 1. The zero-order valence-corrected chi connectivity index (χ0v) is 15.1. The Hall–Kier alpha value is -2.06. The molecular formula is C22H24ClNO. The minimum atomic E-state index is -0.0140. The van der Waals surface area contributed by atoms with Crippen LogP contribution in [-0.2, 0) is 11.2 Å². The fraction of sp³-hybridized carbons (Fsp3) is 0.318. The monoisotopic (exact) mass is 353 g/mol. The van der Waals surface area contributed by atoms with E-state index in [-0.39, 0.29) is 11.9 Å². The fourth-order valence-corrected chi connectivity index (χ4v) is 3.66. The van der Waals surface area contributed by atoms with E-state index in [1.807, 2.05) is 36.4 Å². The first kappa shape index (κ1) is 17.8. The smallest absolute Gasteiger partial charge is 0.244 e. The van der Waals surface area contributed by atoms with Gasteiger partial charge < -0.3 is 5.32 Å². The number of benzene rings is 2. The molecule has 1 fully saturated rings. The fourth-order valence-electron chi connectivity index (χ4n) is 3.54. The molecule has 1 saturated carbocycles. The number of halogens is 1. The molecule has 1 aliphatic rings. The highest BCUT2D eigenvalue weighted by Gasteiger charge is 2.26. The minimum Gasteiger partial charge on any atom is -0.350 e. The number of rotatable bonds is 5. The van der Waals surface area contributed by atoms with E-state index >= 15 is 0 Å². The predicted octanol–water partition coefficient (Wildman–Crippen LogP) is 5.27. The van der Waals surface area contributed by atoms with E-state index < -0.39 is 0 Å². The Kier molecular flexibility index (Phi) is 6.30. The lowest BCUT2D eigenvalue weighted by atomic mass is 9.80. The van der Waals surface area contributed by atoms with E-state index in [9.17, 15) is 4.79 Å². The number of carbonyl (C=O) groups excluding carboxylic acids is 1. The van der Waals surface area contributed by atoms with Gasteiger partial charge in [0.15, 0.2) is 0 Å². The molecule has 1 aliphatic carbocycles. The van der Waals surface area contributed by atoms with Gasteiger partial charge in [0.1, 0.15) is 0 Å². The number of nitrogens with one attached hydrogen (secondary N) is 1. The summed E-state index contributed by atoms with van der Waals surface area (Å²) < 4.78 is 0. The van der Waals surface area contributed by atoms with Crippen molar-refractivity contribution in [2.75, 3.05) is 0 Å². The lowest BCUT2D eigenvalue weighted by molar-refractivity contribution is -0.117. The van der Waals surface area contributed by atoms with Gasteiger partial charge in [-0.1, -0.05) is 66.9 Å². The zero-order chi connectivity index (χ0) is 17.5. The maximum atomic E-state index is 12.3. The van der Waals surface area contributed by atoms with Gasteiger partial charge >= 0.3 is 0 Å². The standard InChI is InChI=1S/C22H24ClNO/c23-20-13-10-17(11-14-20)12-15-22(25)24-21-9-5-4-8-19(21)16-18-6-2-1-3-7-18/h1-3,6-7,10-15,19,21H,4-5,8-9,16H2,(H,24,25)/b15-12+. The van der Waals surface area contributed by atoms with E-state index in [1.54, 1.807) is 6.08 Å². The molecule has 1 amide bonds. The molecule has 0 bridgehead atoms. The van der Waals surface area contributed by atoms with Crippen LogP contribution in [0.5, 0.6) is 0 Å². The average molecular weight is 354 g/mol. The third-order valence-corrected chi connectivity index (χ3v) is 5.13. The molecule has 2 aromatic rings. The second-order valence-corrected chi connectivity index (χ2v) is 7.17. The topological polar surface area (TPSA) is 29.1 Å². The van der Waals surface area contributed by atoms with Crippen LogP contribution in [0.2, 0.25) is 5.02 Å². The van der Waals surface area contributed by atoms with Gasteiger partial charge in [-0.3, -0.25) is 4.79 Å². The van der Waals surface area contributed by atoms with Gasteiger partial charge in [-0.15, -0.1) is 0 Å². The van der Waals surface area contributed by atoms with Gasteiger partial charge in [0, 0.05) is 17.1 Å². The zero-order valence-electron chi connectivity index (χ0n) is 14.3. The van der Waals surface area contributed by atoms with Gasteiger partial charge in [-0.25, -0.2) is 0 Å². The molecular weight excluding hydrogens is 330 g/mol. The third kappa shape index (κ3) is 5.47. The van der Waals surface area contributed by atoms with Crippen molar-refractivity contribution in [3.05, 3.63) is 76.8 Å². The van der Waals surface area contributed by atoms with Crippen LogP contribution in [0.4, 0.5) is 0 Å². The molecule has 25 heavy (non-hydrogen) atoms. The summed E-state index contributed by atoms with van der Waals surface area (Å²) in [5.74, 6) is 0.504. The van der Waals surface area contributed by atoms with E-state index in [2.05, 4.69) is 29.6 Å². The Morgan fingerprint density at radius 3 is 2.52 bits per heavy atom. The van der Waals surface area contributed by atoms with Crippen molar-refractivity contribution >= 4 is 23.6 Å². The molecule has 2 nitrogen and oxygen atoms in total. The number of hydrogen-bond acceptors (Lipinski definition) is 1. The largest absolute Gasteiger partial charge is 0.350 e. The van der Waals surface area contributed by atoms with E-state index in [0.29, 0.717) is 10.9 Å². The Balaban J connectivity index is 1.59. The molecule has 0 aromatic heterocycles. The average Bonchev–Trinajstić information content (AvgIpc) is 2.64. The summed E-state index contributed by atoms with van der Waals surface area (Å²) in [6, 6.07) is 18.3. The van der Waals surface area contributed by atoms with Crippen molar-refractivity contribution in [1.82, 2.24) is 5.32 Å². The third-order valence-electron chi connectivity index (χ3n) is 4.87. The lowest BCUT2D eigenvalue weighted by Crippen LogP contribution is -2.42. The SMILES string of the molecule is O=C(/C=C/c1ccc(Cl)cc1)NC1CCCCC1Cc1ccccc1. The highest BCUT2D eigenvalue weighted by Crippen LogP contribution is 2.27. The van der Waals surface area contributed by atoms with Crippen LogP contribution in [0.15, 0.2) is 60.7 Å². The van der Waals surface area contributed by atoms with Crippen molar-refractivity contribution in [3.8, 4) is 0 Å². The minimum absolute atomic E-state index is 0.0140. The quantitative estimate of drug-likeness (QED) is 0.729. The van der Waals surface area contributed by atoms with Crippen LogP contribution in [0.3, 0.4) is 0 Å². The molecule has 1 N–H and O–H groups in total. The molecule has 2 aromatic carbocycles. The summed E-state index contributed by atoms with van der Waals surface area (Å²) in [4.78, 5) is 12.3. The van der Waals surface area contributed by atoms with Crippen molar-refractivity contribution in [1.29, 1.82) is 0 Å². The molecule has 0 aliphatic heterocycles. The van der Waals surface area contributed by atoms with Crippen LogP contribution in [0, 0.1) is 5.92 Å². The second kappa shape index (κ2) is 8.87. The Morgan fingerprint density at radius 2 is 1.76 bits per heavy atom. The molecule has 0 heterocycles. The molecule has 2 unspecified atom stereocenters. The van der Waals surface area contributed by atoms with E-state index in [4.69, 9.17) is 11.6 Å². The molecule has 130 valence electrons. The van der Waals surface area contributed by atoms with Gasteiger partial charge in [0.05, 0.1) is 0 Å². The van der Waals surface area contributed by atoms with Gasteiger partial charge in [-0.05, 0) is 54.5 Å². The van der Waals surface area contributed by atoms with Gasteiger partial charge in [0.25, 0.3) is 0 Å². The van der Waals surface area contributed by atoms with Crippen molar-refractivity contribution in [2.45, 2.75) is 38.1 Å². The van der Waals surface area contributed by atoms with Crippen LogP contribution in [-0.4, -0.2) is 11.9 Å². The summed E-state index contributed by atoms with van der Waals surface area (Å²) in [6.07, 6.45) is 9.19. The maximum Gasteiger partial charge on any atom is 0.244 e. The Labute approximate surface area is 154 Å². The molecule has 3 rings (SSSR count). The van der Waals surface area contributed by atoms with Crippen molar-refractivity contribution in [2.24, 2.45) is 5.92 Å². The first-order chi connectivity index (χ1) is 12.2.